The number of imide groups is 1. The van der Waals surface area contributed by atoms with Crippen LogP contribution in [0.4, 0.5) is 18.0 Å². The quantitative estimate of drug-likeness (QED) is 0.792. The molecule has 0 aromatic heterocycles. The number of hydrogen-bond acceptors (Lipinski definition) is 4. The Kier molecular flexibility index (Phi) is 4.72. The van der Waals surface area contributed by atoms with E-state index in [0.717, 1.165) is 23.6 Å². The molecule has 1 aliphatic heterocycles. The summed E-state index contributed by atoms with van der Waals surface area (Å²) in [5.74, 6) is -0.738. The maximum Gasteiger partial charge on any atom is 0.419 e. The highest BCUT2D eigenvalue weighted by molar-refractivity contribution is 6.00. The summed E-state index contributed by atoms with van der Waals surface area (Å²) in [6, 6.07) is 8.92. The van der Waals surface area contributed by atoms with Gasteiger partial charge in [0.15, 0.2) is 6.10 Å². The topological polar surface area (TPSA) is 64.6 Å². The standard InChI is InChI=1S/C21H18F3NO4/c1-11-5-8-17(16(9-11)21(22,23)24)28-13-6-7-14-12(10-13)3-2-4-15(14)18-19(26)25-20(27)29-18/h5-10,15,18H,2-4H2,1H3,(H,25,26,27)/t15-,18?/m1/s1. The van der Waals surface area contributed by atoms with E-state index in [1.165, 1.54) is 6.07 Å². The fourth-order valence-electron chi connectivity index (χ4n) is 3.92. The van der Waals surface area contributed by atoms with Crippen molar-refractivity contribution < 1.29 is 32.2 Å². The van der Waals surface area contributed by atoms with Gasteiger partial charge in [-0.3, -0.25) is 10.1 Å². The van der Waals surface area contributed by atoms with Crippen LogP contribution in [0.5, 0.6) is 11.5 Å². The number of amides is 2. The third-order valence-electron chi connectivity index (χ3n) is 5.23. The van der Waals surface area contributed by atoms with Gasteiger partial charge in [-0.15, -0.1) is 0 Å². The van der Waals surface area contributed by atoms with Crippen LogP contribution in [0.1, 0.15) is 41.0 Å². The van der Waals surface area contributed by atoms with E-state index >= 15 is 0 Å². The Labute approximate surface area is 164 Å². The first-order chi connectivity index (χ1) is 13.7. The predicted molar refractivity (Wildman–Crippen MR) is 96.8 cm³/mol. The summed E-state index contributed by atoms with van der Waals surface area (Å²) in [5.41, 5.74) is 1.37. The smallest absolute Gasteiger partial charge is 0.419 e. The van der Waals surface area contributed by atoms with E-state index in [-0.39, 0.29) is 17.4 Å². The number of aryl methyl sites for hydroxylation is 2. The lowest BCUT2D eigenvalue weighted by Crippen LogP contribution is -2.31. The van der Waals surface area contributed by atoms with Gasteiger partial charge in [0.2, 0.25) is 0 Å². The van der Waals surface area contributed by atoms with Crippen molar-refractivity contribution in [2.75, 3.05) is 0 Å². The van der Waals surface area contributed by atoms with Crippen molar-refractivity contribution >= 4 is 12.0 Å². The van der Waals surface area contributed by atoms with Crippen molar-refractivity contribution in [1.82, 2.24) is 5.32 Å². The fourth-order valence-corrected chi connectivity index (χ4v) is 3.92. The molecular weight excluding hydrogens is 387 g/mol. The third kappa shape index (κ3) is 3.79. The number of halogens is 3. The monoisotopic (exact) mass is 405 g/mol. The molecule has 4 rings (SSSR count). The molecule has 1 unspecified atom stereocenters. The van der Waals surface area contributed by atoms with Gasteiger partial charge < -0.3 is 9.47 Å². The fraction of sp³-hybridized carbons (Fsp3) is 0.333. The van der Waals surface area contributed by atoms with Gasteiger partial charge in [-0.2, -0.15) is 13.2 Å². The maximum absolute atomic E-state index is 13.3. The number of cyclic esters (lactones) is 1. The average molecular weight is 405 g/mol. The first kappa shape index (κ1) is 19.3. The summed E-state index contributed by atoms with van der Waals surface area (Å²) in [6.07, 6.45) is -4.03. The molecule has 1 N–H and O–H groups in total. The van der Waals surface area contributed by atoms with Crippen LogP contribution in [0, 0.1) is 6.92 Å². The zero-order chi connectivity index (χ0) is 20.8. The van der Waals surface area contributed by atoms with E-state index in [9.17, 15) is 22.8 Å². The summed E-state index contributed by atoms with van der Waals surface area (Å²) in [6.45, 7) is 1.59. The average Bonchev–Trinajstić information content (AvgIpc) is 2.99. The van der Waals surface area contributed by atoms with E-state index in [1.54, 1.807) is 31.2 Å². The van der Waals surface area contributed by atoms with Crippen molar-refractivity contribution in [3.8, 4) is 11.5 Å². The second-order valence-corrected chi connectivity index (χ2v) is 7.27. The SMILES string of the molecule is Cc1ccc(Oc2ccc3c(c2)CCC[C@H]3C2OC(=O)NC2=O)c(C(F)(F)F)c1. The molecule has 2 aromatic carbocycles. The minimum Gasteiger partial charge on any atom is -0.457 e. The molecular formula is C21H18F3NO4. The van der Waals surface area contributed by atoms with E-state index in [4.69, 9.17) is 9.47 Å². The van der Waals surface area contributed by atoms with Gasteiger partial charge in [-0.25, -0.2) is 4.79 Å². The summed E-state index contributed by atoms with van der Waals surface area (Å²) < 4.78 is 50.7. The number of nitrogens with one attached hydrogen (secondary N) is 1. The van der Waals surface area contributed by atoms with E-state index in [0.29, 0.717) is 18.4 Å². The molecule has 2 aromatic rings. The molecule has 0 saturated carbocycles. The summed E-state index contributed by atoms with van der Waals surface area (Å²) >= 11 is 0. The van der Waals surface area contributed by atoms with Crippen LogP contribution < -0.4 is 10.1 Å². The number of carbonyl (C=O) groups is 2. The van der Waals surface area contributed by atoms with Crippen molar-refractivity contribution in [1.29, 1.82) is 0 Å². The van der Waals surface area contributed by atoms with Crippen molar-refractivity contribution in [2.24, 2.45) is 0 Å². The van der Waals surface area contributed by atoms with E-state index in [1.807, 2.05) is 0 Å². The van der Waals surface area contributed by atoms with Gasteiger partial charge in [0.1, 0.15) is 11.5 Å². The first-order valence-corrected chi connectivity index (χ1v) is 9.22. The molecule has 2 aliphatic rings. The van der Waals surface area contributed by atoms with Crippen LogP contribution in [-0.4, -0.2) is 18.1 Å². The number of fused-ring (bicyclic) bond motifs is 1. The van der Waals surface area contributed by atoms with Gasteiger partial charge in [0, 0.05) is 5.92 Å². The highest BCUT2D eigenvalue weighted by Crippen LogP contribution is 2.41. The normalized spacial score (nSPS) is 21.4. The number of alkyl halides is 3. The van der Waals surface area contributed by atoms with Crippen LogP contribution in [0.25, 0.3) is 0 Å². The number of rotatable bonds is 3. The second kappa shape index (κ2) is 7.09. The van der Waals surface area contributed by atoms with E-state index in [2.05, 4.69) is 5.32 Å². The summed E-state index contributed by atoms with van der Waals surface area (Å²) in [4.78, 5) is 23.3. The molecule has 0 spiro atoms. The molecule has 8 heteroatoms. The zero-order valence-corrected chi connectivity index (χ0v) is 15.5. The number of ether oxygens (including phenoxy) is 2. The molecule has 0 bridgehead atoms. The van der Waals surface area contributed by atoms with E-state index < -0.39 is 29.8 Å². The lowest BCUT2D eigenvalue weighted by atomic mass is 9.79. The first-order valence-electron chi connectivity index (χ1n) is 9.22. The minimum absolute atomic E-state index is 0.264. The number of hydrogen-bond donors (Lipinski definition) is 1. The van der Waals surface area contributed by atoms with Gasteiger partial charge in [-0.05, 0) is 61.6 Å². The molecule has 152 valence electrons. The predicted octanol–water partition coefficient (Wildman–Crippen LogP) is 4.86. The second-order valence-electron chi connectivity index (χ2n) is 7.27. The Hall–Kier alpha value is -3.03. The number of benzene rings is 2. The van der Waals surface area contributed by atoms with Crippen LogP contribution in [0.2, 0.25) is 0 Å². The molecule has 2 amide bonds. The Bertz CT molecular complexity index is 986. The van der Waals surface area contributed by atoms with Gasteiger partial charge in [0.05, 0.1) is 5.56 Å². The molecule has 2 atom stereocenters. The van der Waals surface area contributed by atoms with Crippen LogP contribution in [-0.2, 0) is 22.1 Å². The van der Waals surface area contributed by atoms with Crippen molar-refractivity contribution in [3.05, 3.63) is 58.7 Å². The number of alkyl carbamates (subject to hydrolysis) is 1. The van der Waals surface area contributed by atoms with Crippen LogP contribution >= 0.6 is 0 Å². The highest BCUT2D eigenvalue weighted by atomic mass is 19.4. The Morgan fingerprint density at radius 2 is 1.93 bits per heavy atom. The molecule has 29 heavy (non-hydrogen) atoms. The molecule has 1 aliphatic carbocycles. The molecule has 0 radical (unpaired) electrons. The molecule has 1 fully saturated rings. The van der Waals surface area contributed by atoms with Gasteiger partial charge in [-0.1, -0.05) is 17.7 Å². The zero-order valence-electron chi connectivity index (χ0n) is 15.5. The molecule has 1 heterocycles. The van der Waals surface area contributed by atoms with Crippen molar-refractivity contribution in [2.45, 2.75) is 44.4 Å². The van der Waals surface area contributed by atoms with Crippen molar-refractivity contribution in [3.63, 3.8) is 0 Å². The Morgan fingerprint density at radius 3 is 2.62 bits per heavy atom. The third-order valence-corrected chi connectivity index (χ3v) is 5.23. The lowest BCUT2D eigenvalue weighted by Gasteiger charge is -2.28. The van der Waals surface area contributed by atoms with Gasteiger partial charge in [0.25, 0.3) is 5.91 Å². The van der Waals surface area contributed by atoms with Crippen LogP contribution in [0.15, 0.2) is 36.4 Å². The lowest BCUT2D eigenvalue weighted by molar-refractivity contribution is -0.138. The summed E-state index contributed by atoms with van der Waals surface area (Å²) in [5, 5.41) is 2.13. The van der Waals surface area contributed by atoms with Gasteiger partial charge >= 0.3 is 12.3 Å². The maximum atomic E-state index is 13.3. The minimum atomic E-state index is -4.53. The Morgan fingerprint density at radius 1 is 1.14 bits per heavy atom. The summed E-state index contributed by atoms with van der Waals surface area (Å²) in [7, 11) is 0. The molecule has 1 saturated heterocycles. The molecule has 5 nitrogen and oxygen atoms in total. The highest BCUT2D eigenvalue weighted by Gasteiger charge is 2.41. The Balaban J connectivity index is 1.63. The number of carbonyl (C=O) groups excluding carboxylic acids is 2. The largest absolute Gasteiger partial charge is 0.457 e. The van der Waals surface area contributed by atoms with Crippen LogP contribution in [0.3, 0.4) is 0 Å².